The summed E-state index contributed by atoms with van der Waals surface area (Å²) in [6.07, 6.45) is 3.64. The van der Waals surface area contributed by atoms with Crippen LogP contribution in [0.2, 0.25) is 0 Å². The van der Waals surface area contributed by atoms with Crippen molar-refractivity contribution in [2.75, 3.05) is 42.5 Å². The standard InChI is InChI=1S/C22H27N5O2/c1-15-9-10-27(15)21-23-19-4-2-3-18(19)20(24-21)16-5-7-17(8-6-16)25-11-13-26(14-12-25)22(28)29/h5-8,15H,2-4,9-14H2,1H3,(H,28,29). The molecule has 1 N–H and O–H groups in total. The number of nitrogens with zero attached hydrogens (tertiary/aromatic N) is 5. The van der Waals surface area contributed by atoms with Gasteiger partial charge in [-0.2, -0.15) is 0 Å². The minimum Gasteiger partial charge on any atom is -0.465 e. The second-order valence-corrected chi connectivity index (χ2v) is 8.29. The first-order chi connectivity index (χ1) is 14.1. The van der Waals surface area contributed by atoms with Gasteiger partial charge < -0.3 is 19.8 Å². The fraction of sp³-hybridized carbons (Fsp3) is 0.500. The van der Waals surface area contributed by atoms with E-state index in [0.29, 0.717) is 19.1 Å². The first-order valence-corrected chi connectivity index (χ1v) is 10.6. The Bertz CT molecular complexity index is 922. The number of hydrogen-bond donors (Lipinski definition) is 1. The molecule has 5 rings (SSSR count). The second kappa shape index (κ2) is 7.21. The second-order valence-electron chi connectivity index (χ2n) is 8.29. The Hall–Kier alpha value is -2.83. The van der Waals surface area contributed by atoms with Gasteiger partial charge in [0.2, 0.25) is 5.95 Å². The van der Waals surface area contributed by atoms with Crippen molar-refractivity contribution in [1.82, 2.24) is 14.9 Å². The van der Waals surface area contributed by atoms with Gasteiger partial charge in [0.25, 0.3) is 0 Å². The van der Waals surface area contributed by atoms with E-state index >= 15 is 0 Å². The van der Waals surface area contributed by atoms with Crippen LogP contribution in [0.15, 0.2) is 24.3 Å². The minimum absolute atomic E-state index is 0.522. The van der Waals surface area contributed by atoms with Crippen molar-refractivity contribution in [2.24, 2.45) is 0 Å². The summed E-state index contributed by atoms with van der Waals surface area (Å²) in [4.78, 5) is 27.0. The van der Waals surface area contributed by atoms with Crippen LogP contribution in [0.4, 0.5) is 16.4 Å². The van der Waals surface area contributed by atoms with Crippen molar-refractivity contribution >= 4 is 17.7 Å². The van der Waals surface area contributed by atoms with Gasteiger partial charge >= 0.3 is 6.09 Å². The number of aryl methyl sites for hydroxylation is 1. The van der Waals surface area contributed by atoms with E-state index in [4.69, 9.17) is 15.1 Å². The van der Waals surface area contributed by atoms with E-state index in [1.54, 1.807) is 0 Å². The molecule has 1 atom stereocenters. The van der Waals surface area contributed by atoms with Crippen molar-refractivity contribution in [1.29, 1.82) is 0 Å². The molecule has 7 heteroatoms. The summed E-state index contributed by atoms with van der Waals surface area (Å²) in [5, 5.41) is 9.13. The third-order valence-corrected chi connectivity index (χ3v) is 6.55. The van der Waals surface area contributed by atoms with Gasteiger partial charge in [-0.15, -0.1) is 0 Å². The highest BCUT2D eigenvalue weighted by Crippen LogP contribution is 2.34. The summed E-state index contributed by atoms with van der Waals surface area (Å²) in [7, 11) is 0. The van der Waals surface area contributed by atoms with Crippen molar-refractivity contribution < 1.29 is 9.90 Å². The van der Waals surface area contributed by atoms with Crippen molar-refractivity contribution in [3.63, 3.8) is 0 Å². The van der Waals surface area contributed by atoms with Crippen LogP contribution in [-0.4, -0.2) is 64.8 Å². The number of carboxylic acid groups (broad SMARTS) is 1. The van der Waals surface area contributed by atoms with Crippen molar-refractivity contribution in [3.8, 4) is 11.3 Å². The molecule has 2 fully saturated rings. The predicted molar refractivity (Wildman–Crippen MR) is 113 cm³/mol. The van der Waals surface area contributed by atoms with E-state index in [9.17, 15) is 4.79 Å². The predicted octanol–water partition coefficient (Wildman–Crippen LogP) is 3.03. The van der Waals surface area contributed by atoms with Crippen LogP contribution < -0.4 is 9.80 Å². The topological polar surface area (TPSA) is 72.8 Å². The molecule has 1 unspecified atom stereocenters. The van der Waals surface area contributed by atoms with E-state index < -0.39 is 6.09 Å². The van der Waals surface area contributed by atoms with Crippen LogP contribution in [0.3, 0.4) is 0 Å². The normalized spacial score (nSPS) is 21.1. The molecule has 1 aromatic carbocycles. The highest BCUT2D eigenvalue weighted by molar-refractivity contribution is 5.69. The number of rotatable bonds is 3. The van der Waals surface area contributed by atoms with Crippen molar-refractivity contribution in [3.05, 3.63) is 35.5 Å². The molecule has 2 aromatic rings. The molecule has 2 aliphatic heterocycles. The zero-order valence-corrected chi connectivity index (χ0v) is 16.8. The number of carbonyl (C=O) groups is 1. The van der Waals surface area contributed by atoms with Gasteiger partial charge in [0.15, 0.2) is 0 Å². The van der Waals surface area contributed by atoms with Crippen LogP contribution in [0.1, 0.15) is 31.0 Å². The largest absolute Gasteiger partial charge is 0.465 e. The number of anilines is 2. The average Bonchev–Trinajstić information content (AvgIpc) is 3.21. The molecule has 0 spiro atoms. The summed E-state index contributed by atoms with van der Waals surface area (Å²) in [5.74, 6) is 0.883. The van der Waals surface area contributed by atoms with E-state index in [1.165, 1.54) is 22.6 Å². The lowest BCUT2D eigenvalue weighted by atomic mass is 10.0. The van der Waals surface area contributed by atoms with Crippen LogP contribution in [0.25, 0.3) is 11.3 Å². The van der Waals surface area contributed by atoms with Crippen LogP contribution in [0, 0.1) is 0 Å². The van der Waals surface area contributed by atoms with Gasteiger partial charge in [0, 0.05) is 61.3 Å². The summed E-state index contributed by atoms with van der Waals surface area (Å²) in [6, 6.07) is 9.11. The quantitative estimate of drug-likeness (QED) is 0.864. The Kier molecular flexibility index (Phi) is 4.53. The number of fused-ring (bicyclic) bond motifs is 1. The first kappa shape index (κ1) is 18.2. The maximum Gasteiger partial charge on any atom is 0.407 e. The fourth-order valence-corrected chi connectivity index (χ4v) is 4.59. The third kappa shape index (κ3) is 3.28. The molecule has 0 saturated carbocycles. The van der Waals surface area contributed by atoms with Crippen molar-refractivity contribution in [2.45, 2.75) is 38.6 Å². The molecule has 7 nitrogen and oxygen atoms in total. The number of benzene rings is 1. The van der Waals surface area contributed by atoms with E-state index in [2.05, 4.69) is 41.0 Å². The number of aromatic nitrogens is 2. The Balaban J connectivity index is 1.40. The van der Waals surface area contributed by atoms with Crippen LogP contribution in [0.5, 0.6) is 0 Å². The van der Waals surface area contributed by atoms with Gasteiger partial charge in [-0.1, -0.05) is 12.1 Å². The van der Waals surface area contributed by atoms with E-state index in [1.807, 2.05) is 0 Å². The summed E-state index contributed by atoms with van der Waals surface area (Å²) in [5.41, 5.74) is 5.90. The monoisotopic (exact) mass is 393 g/mol. The van der Waals surface area contributed by atoms with Gasteiger partial charge in [-0.05, 0) is 44.7 Å². The number of amides is 1. The van der Waals surface area contributed by atoms with Gasteiger partial charge in [-0.25, -0.2) is 14.8 Å². The maximum absolute atomic E-state index is 11.1. The molecular formula is C22H27N5O2. The SMILES string of the molecule is CC1CCN1c1nc2c(c(-c3ccc(N4CCN(C(=O)O)CC4)cc3)n1)CCC2. The third-order valence-electron chi connectivity index (χ3n) is 6.55. The number of piperazine rings is 1. The summed E-state index contributed by atoms with van der Waals surface area (Å²) in [6.45, 7) is 5.83. The molecule has 0 radical (unpaired) electrons. The lowest BCUT2D eigenvalue weighted by Gasteiger charge is -2.39. The molecular weight excluding hydrogens is 366 g/mol. The molecule has 152 valence electrons. The average molecular weight is 393 g/mol. The minimum atomic E-state index is -0.829. The maximum atomic E-state index is 11.1. The fourth-order valence-electron chi connectivity index (χ4n) is 4.59. The highest BCUT2D eigenvalue weighted by Gasteiger charge is 2.29. The van der Waals surface area contributed by atoms with E-state index in [0.717, 1.165) is 61.8 Å². The lowest BCUT2D eigenvalue weighted by Crippen LogP contribution is -2.48. The number of hydrogen-bond acceptors (Lipinski definition) is 5. The Labute approximate surface area is 171 Å². The lowest BCUT2D eigenvalue weighted by molar-refractivity contribution is 0.142. The highest BCUT2D eigenvalue weighted by atomic mass is 16.4. The first-order valence-electron chi connectivity index (χ1n) is 10.6. The summed E-state index contributed by atoms with van der Waals surface area (Å²) < 4.78 is 0. The summed E-state index contributed by atoms with van der Waals surface area (Å²) >= 11 is 0. The van der Waals surface area contributed by atoms with Gasteiger partial charge in [0.1, 0.15) is 0 Å². The molecule has 3 heterocycles. The zero-order valence-electron chi connectivity index (χ0n) is 16.8. The molecule has 1 amide bonds. The zero-order chi connectivity index (χ0) is 20.0. The van der Waals surface area contributed by atoms with E-state index in [-0.39, 0.29) is 0 Å². The Morgan fingerprint density at radius 1 is 1.03 bits per heavy atom. The Morgan fingerprint density at radius 2 is 1.79 bits per heavy atom. The molecule has 0 bridgehead atoms. The van der Waals surface area contributed by atoms with Crippen LogP contribution >= 0.6 is 0 Å². The molecule has 1 aromatic heterocycles. The molecule has 1 aliphatic carbocycles. The molecule has 3 aliphatic rings. The smallest absolute Gasteiger partial charge is 0.407 e. The Morgan fingerprint density at radius 3 is 2.41 bits per heavy atom. The molecule has 2 saturated heterocycles. The molecule has 29 heavy (non-hydrogen) atoms. The van der Waals surface area contributed by atoms with Crippen LogP contribution in [-0.2, 0) is 12.8 Å². The van der Waals surface area contributed by atoms with Gasteiger partial charge in [0.05, 0.1) is 5.69 Å². The van der Waals surface area contributed by atoms with Gasteiger partial charge in [-0.3, -0.25) is 0 Å².